The van der Waals surface area contributed by atoms with E-state index < -0.39 is 35.2 Å². The van der Waals surface area contributed by atoms with Crippen LogP contribution in [0.5, 0.6) is 0 Å². The van der Waals surface area contributed by atoms with Crippen LogP contribution in [0.25, 0.3) is 0 Å². The van der Waals surface area contributed by atoms with Gasteiger partial charge in [0, 0.05) is 19.0 Å². The number of esters is 1. The van der Waals surface area contributed by atoms with Gasteiger partial charge >= 0.3 is 12.1 Å². The van der Waals surface area contributed by atoms with Gasteiger partial charge < -0.3 is 19.7 Å². The SMILES string of the molecule is CC(=O)O[C@H]1C[C@H](NC(=O)OC(C)(C)C)C(=O)N(c2ccc(C3(C#N)CC3)cc2)C1. The molecule has 3 rings (SSSR count). The molecule has 1 aromatic carbocycles. The first kappa shape index (κ1) is 21.6. The second kappa shape index (κ2) is 7.98. The highest BCUT2D eigenvalue weighted by Crippen LogP contribution is 2.47. The normalized spacial score (nSPS) is 22.6. The van der Waals surface area contributed by atoms with E-state index in [4.69, 9.17) is 9.47 Å². The van der Waals surface area contributed by atoms with Crippen molar-refractivity contribution >= 4 is 23.7 Å². The van der Waals surface area contributed by atoms with E-state index >= 15 is 0 Å². The Labute approximate surface area is 176 Å². The highest BCUT2D eigenvalue weighted by molar-refractivity contribution is 5.99. The predicted octanol–water partition coefficient (Wildman–Crippen LogP) is 2.80. The fourth-order valence-electron chi connectivity index (χ4n) is 3.59. The number of nitriles is 1. The molecular formula is C22H27N3O5. The van der Waals surface area contributed by atoms with Crippen molar-refractivity contribution in [1.82, 2.24) is 5.32 Å². The van der Waals surface area contributed by atoms with Crippen LogP contribution in [0.1, 0.15) is 52.5 Å². The maximum atomic E-state index is 13.1. The van der Waals surface area contributed by atoms with Gasteiger partial charge in [-0.3, -0.25) is 9.59 Å². The molecule has 1 aliphatic heterocycles. The van der Waals surface area contributed by atoms with Gasteiger partial charge in [0.25, 0.3) is 0 Å². The summed E-state index contributed by atoms with van der Waals surface area (Å²) in [6.45, 7) is 6.70. The molecule has 8 nitrogen and oxygen atoms in total. The zero-order valence-electron chi connectivity index (χ0n) is 17.7. The van der Waals surface area contributed by atoms with Crippen molar-refractivity contribution in [2.75, 3.05) is 11.4 Å². The number of nitrogens with zero attached hydrogens (tertiary/aromatic N) is 2. The first-order valence-electron chi connectivity index (χ1n) is 10.0. The molecule has 2 fully saturated rings. The van der Waals surface area contributed by atoms with Gasteiger partial charge in [0.1, 0.15) is 17.7 Å². The predicted molar refractivity (Wildman–Crippen MR) is 109 cm³/mol. The average molecular weight is 413 g/mol. The van der Waals surface area contributed by atoms with Gasteiger partial charge in [0.2, 0.25) is 5.91 Å². The summed E-state index contributed by atoms with van der Waals surface area (Å²) in [4.78, 5) is 38.2. The standard InChI is InChI=1S/C22H27N3O5/c1-14(26)29-17-11-18(24-20(28)30-21(2,3)4)19(27)25(12-17)16-7-5-15(6-8-16)22(13-23)9-10-22/h5-8,17-18H,9-12H2,1-4H3,(H,24,28)/t17-,18-/m0/s1. The number of rotatable bonds is 4. The van der Waals surface area contributed by atoms with Gasteiger partial charge in [-0.2, -0.15) is 5.26 Å². The third-order valence-corrected chi connectivity index (χ3v) is 5.17. The third-order valence-electron chi connectivity index (χ3n) is 5.17. The van der Waals surface area contributed by atoms with Crippen molar-refractivity contribution in [2.45, 2.75) is 70.1 Å². The van der Waals surface area contributed by atoms with Gasteiger partial charge in [-0.1, -0.05) is 12.1 Å². The molecule has 0 spiro atoms. The smallest absolute Gasteiger partial charge is 0.408 e. The number of anilines is 1. The molecule has 0 unspecified atom stereocenters. The number of benzene rings is 1. The fourth-order valence-corrected chi connectivity index (χ4v) is 3.59. The Balaban J connectivity index is 1.79. The Morgan fingerprint density at radius 3 is 2.37 bits per heavy atom. The molecule has 2 atom stereocenters. The lowest BCUT2D eigenvalue weighted by molar-refractivity contribution is -0.148. The highest BCUT2D eigenvalue weighted by atomic mass is 16.6. The minimum absolute atomic E-state index is 0.170. The van der Waals surface area contributed by atoms with Crippen molar-refractivity contribution in [3.63, 3.8) is 0 Å². The van der Waals surface area contributed by atoms with Gasteiger partial charge in [0.05, 0.1) is 18.0 Å². The number of piperidine rings is 1. The highest BCUT2D eigenvalue weighted by Gasteiger charge is 2.45. The second-order valence-electron chi connectivity index (χ2n) is 8.86. The molecule has 0 aromatic heterocycles. The van der Waals surface area contributed by atoms with E-state index in [2.05, 4.69) is 11.4 Å². The molecular weight excluding hydrogens is 386 g/mol. The molecule has 2 amide bonds. The molecule has 2 aliphatic rings. The molecule has 8 heteroatoms. The Bertz CT molecular complexity index is 878. The van der Waals surface area contributed by atoms with Crippen molar-refractivity contribution in [2.24, 2.45) is 0 Å². The summed E-state index contributed by atoms with van der Waals surface area (Å²) in [5.41, 5.74) is 0.431. The minimum atomic E-state index is -0.883. The molecule has 0 radical (unpaired) electrons. The number of hydrogen-bond acceptors (Lipinski definition) is 6. The quantitative estimate of drug-likeness (QED) is 0.761. The molecule has 1 heterocycles. The third kappa shape index (κ3) is 4.90. The monoisotopic (exact) mass is 413 g/mol. The number of nitrogens with one attached hydrogen (secondary N) is 1. The number of amides is 2. The molecule has 1 aliphatic carbocycles. The topological polar surface area (TPSA) is 109 Å². The molecule has 1 N–H and O–H groups in total. The van der Waals surface area contributed by atoms with Crippen molar-refractivity contribution < 1.29 is 23.9 Å². The molecule has 30 heavy (non-hydrogen) atoms. The summed E-state index contributed by atoms with van der Waals surface area (Å²) < 4.78 is 10.6. The molecule has 1 aromatic rings. The summed E-state index contributed by atoms with van der Waals surface area (Å²) in [7, 11) is 0. The lowest BCUT2D eigenvalue weighted by atomic mass is 9.96. The van der Waals surface area contributed by atoms with Crippen LogP contribution in [0.3, 0.4) is 0 Å². The van der Waals surface area contributed by atoms with E-state index in [1.165, 1.54) is 11.8 Å². The Morgan fingerprint density at radius 1 is 1.23 bits per heavy atom. The van der Waals surface area contributed by atoms with Crippen LogP contribution in [0, 0.1) is 11.3 Å². The van der Waals surface area contributed by atoms with E-state index in [9.17, 15) is 19.6 Å². The summed E-state index contributed by atoms with van der Waals surface area (Å²) in [5, 5.41) is 12.0. The zero-order valence-corrected chi connectivity index (χ0v) is 17.7. The van der Waals surface area contributed by atoms with Crippen LogP contribution in [-0.4, -0.2) is 42.3 Å². The van der Waals surface area contributed by atoms with E-state index in [1.807, 2.05) is 12.1 Å². The van der Waals surface area contributed by atoms with Crippen LogP contribution < -0.4 is 10.2 Å². The number of alkyl carbamates (subject to hydrolysis) is 1. The number of carbonyl (C=O) groups excluding carboxylic acids is 3. The fraction of sp³-hybridized carbons (Fsp3) is 0.545. The van der Waals surface area contributed by atoms with Gasteiger partial charge in [-0.15, -0.1) is 0 Å². The number of carbonyl (C=O) groups is 3. The average Bonchev–Trinajstić information content (AvgIpc) is 3.44. The number of ether oxygens (including phenoxy) is 2. The minimum Gasteiger partial charge on any atom is -0.461 e. The molecule has 1 saturated heterocycles. The summed E-state index contributed by atoms with van der Waals surface area (Å²) in [6, 6.07) is 8.74. The van der Waals surface area contributed by atoms with Gasteiger partial charge in [0.15, 0.2) is 0 Å². The van der Waals surface area contributed by atoms with E-state index in [0.29, 0.717) is 5.69 Å². The Hall–Kier alpha value is -3.08. The molecule has 1 saturated carbocycles. The van der Waals surface area contributed by atoms with Crippen LogP contribution in [-0.2, 0) is 24.5 Å². The van der Waals surface area contributed by atoms with E-state index in [-0.39, 0.29) is 18.9 Å². The van der Waals surface area contributed by atoms with Gasteiger partial charge in [-0.25, -0.2) is 4.79 Å². The maximum Gasteiger partial charge on any atom is 0.408 e. The molecule has 160 valence electrons. The zero-order chi connectivity index (χ0) is 22.1. The first-order chi connectivity index (χ1) is 14.0. The van der Waals surface area contributed by atoms with Crippen molar-refractivity contribution in [3.05, 3.63) is 29.8 Å². The summed E-state index contributed by atoms with van der Waals surface area (Å²) in [5.74, 6) is -0.760. The second-order valence-corrected chi connectivity index (χ2v) is 8.86. The van der Waals surface area contributed by atoms with E-state index in [1.54, 1.807) is 32.9 Å². The van der Waals surface area contributed by atoms with Crippen molar-refractivity contribution in [1.29, 1.82) is 5.26 Å². The Morgan fingerprint density at radius 2 is 1.87 bits per heavy atom. The lowest BCUT2D eigenvalue weighted by Gasteiger charge is -2.37. The summed E-state index contributed by atoms with van der Waals surface area (Å²) >= 11 is 0. The van der Waals surface area contributed by atoms with Crippen LogP contribution >= 0.6 is 0 Å². The lowest BCUT2D eigenvalue weighted by Crippen LogP contribution is -2.58. The van der Waals surface area contributed by atoms with Crippen molar-refractivity contribution in [3.8, 4) is 6.07 Å². The molecule has 0 bridgehead atoms. The van der Waals surface area contributed by atoms with Crippen LogP contribution in [0.15, 0.2) is 24.3 Å². The first-order valence-corrected chi connectivity index (χ1v) is 10.0. The Kier molecular flexibility index (Phi) is 5.75. The van der Waals surface area contributed by atoms with E-state index in [0.717, 1.165) is 18.4 Å². The summed E-state index contributed by atoms with van der Waals surface area (Å²) in [6.07, 6.45) is 0.575. The number of hydrogen-bond donors (Lipinski definition) is 1. The van der Waals surface area contributed by atoms with Crippen LogP contribution in [0.2, 0.25) is 0 Å². The largest absolute Gasteiger partial charge is 0.461 e. The van der Waals surface area contributed by atoms with Gasteiger partial charge in [-0.05, 0) is 51.3 Å². The maximum absolute atomic E-state index is 13.1. The van der Waals surface area contributed by atoms with Crippen LogP contribution in [0.4, 0.5) is 10.5 Å².